The van der Waals surface area contributed by atoms with Crippen LogP contribution in [0.2, 0.25) is 0 Å². The minimum Gasteiger partial charge on any atom is -0.369 e. The van der Waals surface area contributed by atoms with E-state index < -0.39 is 0 Å². The molecule has 0 spiro atoms. The highest BCUT2D eigenvalue weighted by molar-refractivity contribution is 9.10. The molecule has 0 saturated carbocycles. The van der Waals surface area contributed by atoms with Gasteiger partial charge in [-0.2, -0.15) is 4.98 Å². The van der Waals surface area contributed by atoms with E-state index in [-0.39, 0.29) is 11.9 Å². The van der Waals surface area contributed by atoms with Crippen molar-refractivity contribution in [3.63, 3.8) is 0 Å². The Hall–Kier alpha value is -2.88. The lowest BCUT2D eigenvalue weighted by atomic mass is 10.3. The molecule has 9 nitrogen and oxygen atoms in total. The number of hydrogen-bond donors (Lipinski definition) is 4. The normalized spacial score (nSPS) is 13.0. The van der Waals surface area contributed by atoms with Gasteiger partial charge >= 0.3 is 6.03 Å². The van der Waals surface area contributed by atoms with Crippen LogP contribution in [0.25, 0.3) is 0 Å². The van der Waals surface area contributed by atoms with Crippen LogP contribution in [0, 0.1) is 0 Å². The van der Waals surface area contributed by atoms with Crippen LogP contribution in [0.4, 0.5) is 27.9 Å². The zero-order valence-corrected chi connectivity index (χ0v) is 19.2. The first-order valence-electron chi connectivity index (χ1n) is 10.5. The summed E-state index contributed by atoms with van der Waals surface area (Å²) in [5, 5.41) is 12.2. The number of nitrogens with one attached hydrogen (secondary N) is 4. The summed E-state index contributed by atoms with van der Waals surface area (Å²) in [6.45, 7) is 4.71. The molecular formula is C21H28BrN7O2. The summed E-state index contributed by atoms with van der Waals surface area (Å²) in [4.78, 5) is 34.2. The highest BCUT2D eigenvalue weighted by Gasteiger charge is 2.17. The second-order valence-corrected chi connectivity index (χ2v) is 8.06. The van der Waals surface area contributed by atoms with Crippen molar-refractivity contribution in [2.75, 3.05) is 42.1 Å². The molecule has 2 aromatic rings. The molecule has 0 aliphatic carbocycles. The molecule has 2 heterocycles. The molecular weight excluding hydrogens is 462 g/mol. The summed E-state index contributed by atoms with van der Waals surface area (Å²) in [6.07, 6.45) is 5.06. The lowest BCUT2D eigenvalue weighted by molar-refractivity contribution is -0.120. The third kappa shape index (κ3) is 7.09. The van der Waals surface area contributed by atoms with Crippen molar-refractivity contribution >= 4 is 51.0 Å². The van der Waals surface area contributed by atoms with Crippen molar-refractivity contribution in [1.82, 2.24) is 20.2 Å². The van der Waals surface area contributed by atoms with Crippen molar-refractivity contribution in [3.05, 3.63) is 34.9 Å². The van der Waals surface area contributed by atoms with Crippen LogP contribution >= 0.6 is 15.9 Å². The van der Waals surface area contributed by atoms with Crippen molar-refractivity contribution in [1.29, 1.82) is 0 Å². The van der Waals surface area contributed by atoms with E-state index in [1.165, 1.54) is 0 Å². The third-order valence-corrected chi connectivity index (χ3v) is 5.38. The van der Waals surface area contributed by atoms with E-state index >= 15 is 0 Å². The fourth-order valence-electron chi connectivity index (χ4n) is 3.13. The number of nitrogens with zero attached hydrogens (tertiary/aromatic N) is 3. The predicted molar refractivity (Wildman–Crippen MR) is 126 cm³/mol. The van der Waals surface area contributed by atoms with Crippen LogP contribution in [0.15, 0.2) is 34.9 Å². The van der Waals surface area contributed by atoms with Gasteiger partial charge in [-0.3, -0.25) is 4.79 Å². The van der Waals surface area contributed by atoms with E-state index in [0.29, 0.717) is 37.0 Å². The second-order valence-electron chi connectivity index (χ2n) is 7.20. The maximum absolute atomic E-state index is 12.3. The summed E-state index contributed by atoms with van der Waals surface area (Å²) in [6, 6.07) is 7.39. The monoisotopic (exact) mass is 489 g/mol. The van der Waals surface area contributed by atoms with Crippen LogP contribution in [-0.4, -0.2) is 53.0 Å². The van der Waals surface area contributed by atoms with Crippen molar-refractivity contribution in [2.45, 2.75) is 32.6 Å². The molecule has 1 aromatic heterocycles. The molecule has 0 unspecified atom stereocenters. The molecule has 1 fully saturated rings. The first-order chi connectivity index (χ1) is 15.0. The van der Waals surface area contributed by atoms with Gasteiger partial charge in [0.25, 0.3) is 0 Å². The molecule has 0 radical (unpaired) electrons. The maximum Gasteiger partial charge on any atom is 0.321 e. The average molecular weight is 490 g/mol. The minimum absolute atomic E-state index is 0.0496. The number of likely N-dealkylation sites (tertiary alicyclic amines) is 1. The van der Waals surface area contributed by atoms with E-state index in [0.717, 1.165) is 42.5 Å². The van der Waals surface area contributed by atoms with Gasteiger partial charge in [0.15, 0.2) is 0 Å². The molecule has 1 aromatic carbocycles. The second kappa shape index (κ2) is 11.5. The fourth-order valence-corrected chi connectivity index (χ4v) is 3.46. The van der Waals surface area contributed by atoms with Gasteiger partial charge in [0.2, 0.25) is 11.9 Å². The Morgan fingerprint density at radius 2 is 1.94 bits per heavy atom. The first kappa shape index (κ1) is 22.8. The smallest absolute Gasteiger partial charge is 0.321 e. The van der Waals surface area contributed by atoms with Gasteiger partial charge in [-0.25, -0.2) is 9.78 Å². The third-order valence-electron chi connectivity index (χ3n) is 4.80. The molecule has 0 bridgehead atoms. The van der Waals surface area contributed by atoms with Crippen molar-refractivity contribution in [2.24, 2.45) is 0 Å². The highest BCUT2D eigenvalue weighted by atomic mass is 79.9. The zero-order valence-electron chi connectivity index (χ0n) is 17.6. The standard InChI is InChI=1S/C21H28BrN7O2/c1-2-18(30)23-9-6-10-24-19-17(22)14-25-20(28-19)26-15-7-5-8-16(13-15)27-21(31)29-11-3-4-12-29/h5,7-8,13-14H,2-4,6,9-12H2,1H3,(H,23,30)(H,27,31)(H2,24,25,26,28). The van der Waals surface area contributed by atoms with Crippen LogP contribution in [0.3, 0.4) is 0 Å². The minimum atomic E-state index is -0.0730. The first-order valence-corrected chi connectivity index (χ1v) is 11.3. The van der Waals surface area contributed by atoms with E-state index in [1.807, 2.05) is 36.1 Å². The lowest BCUT2D eigenvalue weighted by Gasteiger charge is -2.16. The average Bonchev–Trinajstić information content (AvgIpc) is 3.31. The lowest BCUT2D eigenvalue weighted by Crippen LogP contribution is -2.32. The predicted octanol–water partition coefficient (Wildman–Crippen LogP) is 3.94. The van der Waals surface area contributed by atoms with Gasteiger partial charge in [0.1, 0.15) is 5.82 Å². The van der Waals surface area contributed by atoms with Crippen molar-refractivity contribution in [3.8, 4) is 0 Å². The topological polar surface area (TPSA) is 111 Å². The van der Waals surface area contributed by atoms with E-state index in [2.05, 4.69) is 47.2 Å². The number of anilines is 4. The Kier molecular flexibility index (Phi) is 8.45. The molecule has 31 heavy (non-hydrogen) atoms. The van der Waals surface area contributed by atoms with E-state index in [4.69, 9.17) is 0 Å². The number of rotatable bonds is 9. The number of aromatic nitrogens is 2. The zero-order chi connectivity index (χ0) is 22.1. The van der Waals surface area contributed by atoms with Gasteiger partial charge < -0.3 is 26.2 Å². The van der Waals surface area contributed by atoms with Gasteiger partial charge in [-0.1, -0.05) is 13.0 Å². The number of amides is 3. The summed E-state index contributed by atoms with van der Waals surface area (Å²) >= 11 is 3.45. The summed E-state index contributed by atoms with van der Waals surface area (Å²) < 4.78 is 0.752. The van der Waals surface area contributed by atoms with Crippen molar-refractivity contribution < 1.29 is 9.59 Å². The van der Waals surface area contributed by atoms with Gasteiger partial charge in [0, 0.05) is 50.2 Å². The van der Waals surface area contributed by atoms with Gasteiger partial charge in [0.05, 0.1) is 4.47 Å². The van der Waals surface area contributed by atoms with Gasteiger partial charge in [-0.05, 0) is 53.4 Å². The Morgan fingerprint density at radius 1 is 1.16 bits per heavy atom. The van der Waals surface area contributed by atoms with Crippen LogP contribution in [-0.2, 0) is 4.79 Å². The molecule has 4 N–H and O–H groups in total. The Bertz CT molecular complexity index is 903. The van der Waals surface area contributed by atoms with Crippen LogP contribution in [0.1, 0.15) is 32.6 Å². The molecule has 0 atom stereocenters. The molecule has 3 rings (SSSR count). The maximum atomic E-state index is 12.3. The largest absolute Gasteiger partial charge is 0.369 e. The highest BCUT2D eigenvalue weighted by Crippen LogP contribution is 2.23. The van der Waals surface area contributed by atoms with E-state index in [1.54, 1.807) is 6.20 Å². The van der Waals surface area contributed by atoms with E-state index in [9.17, 15) is 9.59 Å². The Morgan fingerprint density at radius 3 is 2.71 bits per heavy atom. The van der Waals surface area contributed by atoms with Crippen LogP contribution in [0.5, 0.6) is 0 Å². The number of hydrogen-bond acceptors (Lipinski definition) is 6. The number of carbonyl (C=O) groups is 2. The summed E-state index contributed by atoms with van der Waals surface area (Å²) in [5.74, 6) is 1.15. The Labute approximate surface area is 190 Å². The number of benzene rings is 1. The quantitative estimate of drug-likeness (QED) is 0.397. The molecule has 1 saturated heterocycles. The Balaban J connectivity index is 1.55. The number of halogens is 1. The molecule has 10 heteroatoms. The fraction of sp³-hybridized carbons (Fsp3) is 0.429. The van der Waals surface area contributed by atoms with Crippen LogP contribution < -0.4 is 21.3 Å². The van der Waals surface area contributed by atoms with Gasteiger partial charge in [-0.15, -0.1) is 0 Å². The molecule has 3 amide bonds. The summed E-state index contributed by atoms with van der Waals surface area (Å²) in [5.41, 5.74) is 1.49. The number of urea groups is 1. The molecule has 1 aliphatic heterocycles. The SMILES string of the molecule is CCC(=O)NCCCNc1nc(Nc2cccc(NC(=O)N3CCCC3)c2)ncc1Br. The molecule has 166 valence electrons. The summed E-state index contributed by atoms with van der Waals surface area (Å²) in [7, 11) is 0. The molecule has 1 aliphatic rings. The number of carbonyl (C=O) groups excluding carboxylic acids is 2.